The Hall–Kier alpha value is -3.85. The van der Waals surface area contributed by atoms with Crippen LogP contribution in [0, 0.1) is 13.8 Å². The Morgan fingerprint density at radius 2 is 1.79 bits per heavy atom. The highest BCUT2D eigenvalue weighted by molar-refractivity contribution is 7.18. The zero-order valence-electron chi connectivity index (χ0n) is 19.4. The molecule has 0 radical (unpaired) electrons. The first-order chi connectivity index (χ1) is 16.3. The van der Waals surface area contributed by atoms with E-state index in [0.717, 1.165) is 15.0 Å². The molecule has 9 heteroatoms. The van der Waals surface area contributed by atoms with E-state index in [0.29, 0.717) is 39.7 Å². The Labute approximate surface area is 200 Å². The molecule has 0 saturated carbocycles. The number of ether oxygens (including phenoxy) is 2. The average molecular weight is 480 g/mol. The van der Waals surface area contributed by atoms with Crippen molar-refractivity contribution in [2.75, 3.05) is 19.0 Å². The quantitative estimate of drug-likeness (QED) is 0.434. The molecule has 2 aromatic carbocycles. The maximum atomic E-state index is 13.5. The lowest BCUT2D eigenvalue weighted by Gasteiger charge is -2.13. The van der Waals surface area contributed by atoms with E-state index in [-0.39, 0.29) is 6.54 Å². The Morgan fingerprint density at radius 3 is 2.47 bits per heavy atom. The maximum absolute atomic E-state index is 13.5. The van der Waals surface area contributed by atoms with Gasteiger partial charge in [0, 0.05) is 16.6 Å². The van der Waals surface area contributed by atoms with Crippen LogP contribution in [0.2, 0.25) is 0 Å². The number of aryl methyl sites for hydroxylation is 2. The van der Waals surface area contributed by atoms with Gasteiger partial charge in [0.25, 0.3) is 5.56 Å². The fraction of sp³-hybridized carbons (Fsp3) is 0.240. The minimum atomic E-state index is -0.580. The number of aromatic nitrogens is 2. The van der Waals surface area contributed by atoms with E-state index in [4.69, 9.17) is 9.47 Å². The van der Waals surface area contributed by atoms with Crippen LogP contribution in [-0.2, 0) is 11.3 Å². The average Bonchev–Trinajstić information content (AvgIpc) is 3.12. The summed E-state index contributed by atoms with van der Waals surface area (Å²) >= 11 is 1.33. The number of hydrogen-bond donors (Lipinski definition) is 1. The smallest absolute Gasteiger partial charge is 0.337 e. The molecule has 0 atom stereocenters. The molecule has 0 fully saturated rings. The molecule has 1 amide bonds. The van der Waals surface area contributed by atoms with Crippen LogP contribution in [-0.4, -0.2) is 28.8 Å². The molecular weight excluding hydrogens is 454 g/mol. The number of nitrogens with one attached hydrogen (secondary N) is 1. The van der Waals surface area contributed by atoms with E-state index in [9.17, 15) is 14.4 Å². The summed E-state index contributed by atoms with van der Waals surface area (Å²) in [4.78, 5) is 41.2. The summed E-state index contributed by atoms with van der Waals surface area (Å²) in [5.41, 5.74) is 0.767. The topological polar surface area (TPSA) is 91.6 Å². The number of methoxy groups -OCH3 is 1. The second kappa shape index (κ2) is 9.56. The Kier molecular flexibility index (Phi) is 6.56. The van der Waals surface area contributed by atoms with Gasteiger partial charge < -0.3 is 14.8 Å². The highest BCUT2D eigenvalue weighted by Crippen LogP contribution is 2.27. The van der Waals surface area contributed by atoms with Gasteiger partial charge in [0.15, 0.2) is 0 Å². The zero-order valence-corrected chi connectivity index (χ0v) is 20.2. The van der Waals surface area contributed by atoms with Gasteiger partial charge in [0.05, 0.1) is 24.8 Å². The van der Waals surface area contributed by atoms with Crippen LogP contribution in [0.4, 0.5) is 5.69 Å². The zero-order chi connectivity index (χ0) is 24.4. The highest BCUT2D eigenvalue weighted by Gasteiger charge is 2.21. The van der Waals surface area contributed by atoms with Gasteiger partial charge >= 0.3 is 5.69 Å². The Bertz CT molecular complexity index is 1480. The summed E-state index contributed by atoms with van der Waals surface area (Å²) in [6, 6.07) is 13.7. The van der Waals surface area contributed by atoms with Crippen LogP contribution >= 0.6 is 11.3 Å². The molecule has 34 heavy (non-hydrogen) atoms. The molecule has 8 nitrogen and oxygen atoms in total. The van der Waals surface area contributed by atoms with E-state index in [1.54, 1.807) is 55.6 Å². The minimum Gasteiger partial charge on any atom is -0.497 e. The number of nitrogens with zero attached hydrogens (tertiary/aromatic N) is 2. The van der Waals surface area contributed by atoms with Crippen molar-refractivity contribution in [1.29, 1.82) is 0 Å². The molecule has 4 rings (SSSR count). The first-order valence-electron chi connectivity index (χ1n) is 10.8. The maximum Gasteiger partial charge on any atom is 0.337 e. The summed E-state index contributed by atoms with van der Waals surface area (Å²) in [7, 11) is 1.54. The van der Waals surface area contributed by atoms with E-state index in [2.05, 4.69) is 5.32 Å². The second-order valence-electron chi connectivity index (χ2n) is 7.68. The number of rotatable bonds is 7. The molecule has 4 aromatic rings. The fourth-order valence-corrected chi connectivity index (χ4v) is 4.87. The third-order valence-electron chi connectivity index (χ3n) is 5.51. The molecule has 0 aliphatic rings. The van der Waals surface area contributed by atoms with Crippen molar-refractivity contribution in [2.24, 2.45) is 0 Å². The molecule has 0 bridgehead atoms. The number of fused-ring (bicyclic) bond motifs is 1. The number of carbonyl (C=O) groups excluding carboxylic acids is 1. The lowest BCUT2D eigenvalue weighted by Crippen LogP contribution is -2.40. The first-order valence-corrected chi connectivity index (χ1v) is 11.6. The van der Waals surface area contributed by atoms with Crippen molar-refractivity contribution in [1.82, 2.24) is 9.13 Å². The predicted molar refractivity (Wildman–Crippen MR) is 134 cm³/mol. The molecule has 0 aliphatic carbocycles. The van der Waals surface area contributed by atoms with Gasteiger partial charge in [0.1, 0.15) is 22.9 Å². The molecule has 1 N–H and O–H groups in total. The summed E-state index contributed by atoms with van der Waals surface area (Å²) < 4.78 is 13.1. The van der Waals surface area contributed by atoms with E-state index in [1.165, 1.54) is 15.9 Å². The van der Waals surface area contributed by atoms with Crippen LogP contribution in [0.3, 0.4) is 0 Å². The van der Waals surface area contributed by atoms with Crippen molar-refractivity contribution >= 4 is 33.1 Å². The molecule has 2 heterocycles. The van der Waals surface area contributed by atoms with Crippen LogP contribution in [0.5, 0.6) is 11.5 Å². The number of hydrogen-bond acceptors (Lipinski definition) is 6. The van der Waals surface area contributed by atoms with Crippen LogP contribution in [0.1, 0.15) is 17.4 Å². The lowest BCUT2D eigenvalue weighted by molar-refractivity contribution is -0.116. The Balaban J connectivity index is 1.81. The third kappa shape index (κ3) is 4.34. The van der Waals surface area contributed by atoms with Gasteiger partial charge in [0.2, 0.25) is 5.91 Å². The largest absolute Gasteiger partial charge is 0.497 e. The van der Waals surface area contributed by atoms with Crippen LogP contribution < -0.4 is 26.0 Å². The van der Waals surface area contributed by atoms with Crippen LogP contribution in [0.25, 0.3) is 15.9 Å². The first kappa shape index (κ1) is 23.3. The molecule has 2 aromatic heterocycles. The summed E-state index contributed by atoms with van der Waals surface area (Å²) in [6.45, 7) is 5.88. The van der Waals surface area contributed by atoms with E-state index >= 15 is 0 Å². The molecule has 0 unspecified atom stereocenters. The van der Waals surface area contributed by atoms with Gasteiger partial charge in [-0.1, -0.05) is 6.07 Å². The summed E-state index contributed by atoms with van der Waals surface area (Å²) in [5, 5.41) is 3.23. The van der Waals surface area contributed by atoms with Gasteiger partial charge in [-0.3, -0.25) is 14.2 Å². The number of amides is 1. The summed E-state index contributed by atoms with van der Waals surface area (Å²) in [5.74, 6) is 0.851. The predicted octanol–water partition coefficient (Wildman–Crippen LogP) is 3.88. The van der Waals surface area contributed by atoms with Gasteiger partial charge in [-0.05, 0) is 62.7 Å². The monoisotopic (exact) mass is 479 g/mol. The molecular formula is C25H25N3O5S. The van der Waals surface area contributed by atoms with Gasteiger partial charge in [-0.2, -0.15) is 0 Å². The lowest BCUT2D eigenvalue weighted by atomic mass is 10.2. The minimum absolute atomic E-state index is 0.247. The van der Waals surface area contributed by atoms with Crippen molar-refractivity contribution in [3.63, 3.8) is 0 Å². The number of benzene rings is 2. The van der Waals surface area contributed by atoms with Crippen molar-refractivity contribution in [3.8, 4) is 17.2 Å². The highest BCUT2D eigenvalue weighted by atomic mass is 32.1. The number of thiophene rings is 1. The van der Waals surface area contributed by atoms with E-state index < -0.39 is 17.2 Å². The molecule has 0 aliphatic heterocycles. The van der Waals surface area contributed by atoms with Gasteiger partial charge in [-0.25, -0.2) is 9.36 Å². The number of carbonyl (C=O) groups is 1. The molecule has 0 saturated heterocycles. The van der Waals surface area contributed by atoms with Crippen molar-refractivity contribution < 1.29 is 14.3 Å². The Morgan fingerprint density at radius 1 is 1.06 bits per heavy atom. The molecule has 0 spiro atoms. The van der Waals surface area contributed by atoms with Crippen LogP contribution in [0.15, 0.2) is 58.1 Å². The number of anilines is 1. The standard InChI is InChI=1S/C25H25N3O5S/c1-5-33-19-11-9-18(10-12-19)28-23(30)22-15(2)16(3)34-24(22)27(25(28)31)14-21(29)26-17-7-6-8-20(13-17)32-4/h6-13H,5,14H2,1-4H3,(H,26,29). The van der Waals surface area contributed by atoms with Crippen molar-refractivity contribution in [3.05, 3.63) is 79.8 Å². The SMILES string of the molecule is CCOc1ccc(-n2c(=O)c3c(C)c(C)sc3n(CC(=O)Nc3cccc(OC)c3)c2=O)cc1. The van der Waals surface area contributed by atoms with Crippen molar-refractivity contribution in [2.45, 2.75) is 27.3 Å². The second-order valence-corrected chi connectivity index (χ2v) is 8.88. The molecule has 176 valence electrons. The summed E-state index contributed by atoms with van der Waals surface area (Å²) in [6.07, 6.45) is 0. The van der Waals surface area contributed by atoms with Gasteiger partial charge in [-0.15, -0.1) is 11.3 Å². The fourth-order valence-electron chi connectivity index (χ4n) is 3.73. The third-order valence-corrected chi connectivity index (χ3v) is 6.74. The van der Waals surface area contributed by atoms with E-state index in [1.807, 2.05) is 20.8 Å². The normalized spacial score (nSPS) is 10.9.